The number of aromatic nitrogens is 2. The lowest BCUT2D eigenvalue weighted by Gasteiger charge is -2.32. The molecule has 0 aromatic carbocycles. The molecule has 7 heteroatoms. The Balaban J connectivity index is 1.53. The maximum atomic E-state index is 13.6. The van der Waals surface area contributed by atoms with E-state index in [-0.39, 0.29) is 23.7 Å². The molecule has 4 rings (SSSR count). The van der Waals surface area contributed by atoms with Gasteiger partial charge in [0.2, 0.25) is 11.8 Å². The van der Waals surface area contributed by atoms with E-state index >= 15 is 0 Å². The number of rotatable bonds is 5. The van der Waals surface area contributed by atoms with E-state index in [1.807, 2.05) is 29.6 Å². The van der Waals surface area contributed by atoms with Gasteiger partial charge in [0.25, 0.3) is 0 Å². The fourth-order valence-electron chi connectivity index (χ4n) is 5.36. The van der Waals surface area contributed by atoms with Gasteiger partial charge in [-0.25, -0.2) is 0 Å². The molecule has 0 spiro atoms. The van der Waals surface area contributed by atoms with Gasteiger partial charge in [-0.15, -0.1) is 0 Å². The van der Waals surface area contributed by atoms with Gasteiger partial charge in [0, 0.05) is 75.5 Å². The van der Waals surface area contributed by atoms with Gasteiger partial charge < -0.3 is 9.80 Å². The lowest BCUT2D eigenvalue weighted by molar-refractivity contribution is -0.142. The predicted molar refractivity (Wildman–Crippen MR) is 111 cm³/mol. The molecular formula is C22H35N5O2. The Labute approximate surface area is 174 Å². The fourth-order valence-corrected chi connectivity index (χ4v) is 5.36. The first-order valence-electron chi connectivity index (χ1n) is 11.1. The summed E-state index contributed by atoms with van der Waals surface area (Å²) in [6, 6.07) is 0.348. The van der Waals surface area contributed by atoms with E-state index < -0.39 is 5.41 Å². The molecule has 0 aliphatic carbocycles. The van der Waals surface area contributed by atoms with Gasteiger partial charge in [-0.1, -0.05) is 13.8 Å². The number of amides is 2. The standard InChI is InChI=1S/C22H35N5O2/c1-16(2)20(28)26-13-19-12-24(10-18-9-23-27(11-18)17(3)4)14-22(19,15-26)21(29)25-7-5-6-8-25/h9,11,16-17,19H,5-8,10,12-15H2,1-4H3/t19-,22-/m1/s1. The molecule has 2 atom stereocenters. The van der Waals surface area contributed by atoms with Crippen LogP contribution < -0.4 is 0 Å². The van der Waals surface area contributed by atoms with Crippen LogP contribution in [0.2, 0.25) is 0 Å². The number of hydrogen-bond donors (Lipinski definition) is 0. The first-order chi connectivity index (χ1) is 13.8. The van der Waals surface area contributed by atoms with Gasteiger partial charge in [0.15, 0.2) is 0 Å². The van der Waals surface area contributed by atoms with E-state index in [0.717, 1.165) is 45.6 Å². The smallest absolute Gasteiger partial charge is 0.232 e. The number of fused-ring (bicyclic) bond motifs is 1. The van der Waals surface area contributed by atoms with Crippen LogP contribution in [0.5, 0.6) is 0 Å². The van der Waals surface area contributed by atoms with Crippen molar-refractivity contribution < 1.29 is 9.59 Å². The van der Waals surface area contributed by atoms with Gasteiger partial charge in [-0.3, -0.25) is 19.2 Å². The average Bonchev–Trinajstić information content (AvgIpc) is 3.43. The highest BCUT2D eigenvalue weighted by atomic mass is 16.2. The molecule has 0 radical (unpaired) electrons. The van der Waals surface area contributed by atoms with E-state index in [2.05, 4.69) is 34.9 Å². The SMILES string of the molecule is CC(C)C(=O)N1C[C@H]2CN(Cc3cnn(C(C)C)c3)C[C@@]2(C(=O)N2CCCC2)C1. The van der Waals surface area contributed by atoms with Crippen LogP contribution in [0, 0.1) is 17.3 Å². The zero-order valence-electron chi connectivity index (χ0n) is 18.3. The minimum Gasteiger partial charge on any atom is -0.342 e. The molecule has 7 nitrogen and oxygen atoms in total. The maximum absolute atomic E-state index is 13.6. The third kappa shape index (κ3) is 3.69. The van der Waals surface area contributed by atoms with Gasteiger partial charge in [0.05, 0.1) is 11.6 Å². The maximum Gasteiger partial charge on any atom is 0.232 e. The highest BCUT2D eigenvalue weighted by Gasteiger charge is 2.59. The highest BCUT2D eigenvalue weighted by Crippen LogP contribution is 2.45. The van der Waals surface area contributed by atoms with Crippen LogP contribution in [-0.4, -0.2) is 75.6 Å². The summed E-state index contributed by atoms with van der Waals surface area (Å²) in [5.74, 6) is 0.654. The van der Waals surface area contributed by atoms with E-state index in [1.54, 1.807) is 0 Å². The van der Waals surface area contributed by atoms with Crippen LogP contribution in [0.15, 0.2) is 12.4 Å². The second-order valence-corrected chi connectivity index (χ2v) is 9.82. The quantitative estimate of drug-likeness (QED) is 0.757. The molecule has 3 saturated heterocycles. The summed E-state index contributed by atoms with van der Waals surface area (Å²) >= 11 is 0. The number of likely N-dealkylation sites (tertiary alicyclic amines) is 3. The van der Waals surface area contributed by atoms with Gasteiger partial charge >= 0.3 is 0 Å². The average molecular weight is 402 g/mol. The summed E-state index contributed by atoms with van der Waals surface area (Å²) in [6.07, 6.45) is 6.25. The summed E-state index contributed by atoms with van der Waals surface area (Å²) in [4.78, 5) is 32.7. The van der Waals surface area contributed by atoms with Crippen molar-refractivity contribution >= 4 is 11.8 Å². The molecule has 3 aliphatic heterocycles. The number of carbonyl (C=O) groups excluding carboxylic acids is 2. The van der Waals surface area contributed by atoms with Crippen molar-refractivity contribution in [3.05, 3.63) is 18.0 Å². The highest BCUT2D eigenvalue weighted by molar-refractivity contribution is 5.87. The third-order valence-corrected chi connectivity index (χ3v) is 6.89. The summed E-state index contributed by atoms with van der Waals surface area (Å²) in [6.45, 7) is 13.6. The topological polar surface area (TPSA) is 61.7 Å². The van der Waals surface area contributed by atoms with Crippen LogP contribution in [0.1, 0.15) is 52.1 Å². The van der Waals surface area contributed by atoms with Crippen LogP contribution in [0.25, 0.3) is 0 Å². The molecule has 3 aliphatic rings. The Morgan fingerprint density at radius 2 is 1.83 bits per heavy atom. The summed E-state index contributed by atoms with van der Waals surface area (Å²) < 4.78 is 1.99. The monoisotopic (exact) mass is 401 g/mol. The molecule has 4 heterocycles. The summed E-state index contributed by atoms with van der Waals surface area (Å²) in [7, 11) is 0. The van der Waals surface area contributed by atoms with Crippen molar-refractivity contribution in [3.63, 3.8) is 0 Å². The first-order valence-corrected chi connectivity index (χ1v) is 11.1. The fraction of sp³-hybridized carbons (Fsp3) is 0.773. The number of hydrogen-bond acceptors (Lipinski definition) is 4. The Hall–Kier alpha value is -1.89. The van der Waals surface area contributed by atoms with E-state index in [9.17, 15) is 9.59 Å². The van der Waals surface area contributed by atoms with Crippen LogP contribution in [0.3, 0.4) is 0 Å². The van der Waals surface area contributed by atoms with E-state index in [0.29, 0.717) is 19.1 Å². The molecule has 0 unspecified atom stereocenters. The lowest BCUT2D eigenvalue weighted by atomic mass is 9.79. The van der Waals surface area contributed by atoms with Crippen molar-refractivity contribution in [1.29, 1.82) is 0 Å². The van der Waals surface area contributed by atoms with Crippen molar-refractivity contribution in [2.75, 3.05) is 39.3 Å². The molecule has 0 bridgehead atoms. The molecule has 3 fully saturated rings. The molecular weight excluding hydrogens is 366 g/mol. The molecule has 1 aromatic rings. The molecule has 29 heavy (non-hydrogen) atoms. The van der Waals surface area contributed by atoms with Crippen molar-refractivity contribution in [3.8, 4) is 0 Å². The Kier molecular flexibility index (Phi) is 5.44. The summed E-state index contributed by atoms with van der Waals surface area (Å²) in [5, 5.41) is 4.46. The van der Waals surface area contributed by atoms with Crippen LogP contribution >= 0.6 is 0 Å². The van der Waals surface area contributed by atoms with Gasteiger partial charge in [-0.2, -0.15) is 5.10 Å². The minimum absolute atomic E-state index is 0.0225. The lowest BCUT2D eigenvalue weighted by Crippen LogP contribution is -2.49. The van der Waals surface area contributed by atoms with Gasteiger partial charge in [0.1, 0.15) is 0 Å². The molecule has 0 saturated carbocycles. The Morgan fingerprint density at radius 1 is 1.10 bits per heavy atom. The predicted octanol–water partition coefficient (Wildman–Crippen LogP) is 2.00. The second kappa shape index (κ2) is 7.74. The van der Waals surface area contributed by atoms with E-state index in [1.165, 1.54) is 5.56 Å². The molecule has 160 valence electrons. The third-order valence-electron chi connectivity index (χ3n) is 6.89. The summed E-state index contributed by atoms with van der Waals surface area (Å²) in [5.41, 5.74) is 0.751. The molecule has 0 N–H and O–H groups in total. The Morgan fingerprint density at radius 3 is 2.45 bits per heavy atom. The molecule has 1 aromatic heterocycles. The van der Waals surface area contributed by atoms with Crippen LogP contribution in [0.4, 0.5) is 0 Å². The zero-order chi connectivity index (χ0) is 20.8. The zero-order valence-corrected chi connectivity index (χ0v) is 18.3. The Bertz CT molecular complexity index is 767. The number of carbonyl (C=O) groups is 2. The van der Waals surface area contributed by atoms with Crippen molar-refractivity contribution in [1.82, 2.24) is 24.5 Å². The molecule has 2 amide bonds. The normalized spacial score (nSPS) is 27.4. The van der Waals surface area contributed by atoms with Crippen molar-refractivity contribution in [2.45, 2.75) is 53.1 Å². The van der Waals surface area contributed by atoms with E-state index in [4.69, 9.17) is 0 Å². The van der Waals surface area contributed by atoms with Gasteiger partial charge in [-0.05, 0) is 26.7 Å². The van der Waals surface area contributed by atoms with Crippen LogP contribution in [-0.2, 0) is 16.1 Å². The first kappa shape index (κ1) is 20.4. The second-order valence-electron chi connectivity index (χ2n) is 9.82. The van der Waals surface area contributed by atoms with Crippen molar-refractivity contribution in [2.24, 2.45) is 17.3 Å². The largest absolute Gasteiger partial charge is 0.342 e. The number of nitrogens with zero attached hydrogens (tertiary/aromatic N) is 5. The minimum atomic E-state index is -0.442.